The lowest BCUT2D eigenvalue weighted by Gasteiger charge is -2.31. The second kappa shape index (κ2) is 12.5. The quantitative estimate of drug-likeness (QED) is 0.181. The van der Waals surface area contributed by atoms with Crippen LogP contribution >= 0.6 is 0 Å². The molecular weight excluding hydrogens is 538 g/mol. The van der Waals surface area contributed by atoms with Crippen molar-refractivity contribution in [1.82, 2.24) is 15.6 Å². The van der Waals surface area contributed by atoms with Crippen LogP contribution in [0.1, 0.15) is 39.6 Å². The van der Waals surface area contributed by atoms with Gasteiger partial charge >= 0.3 is 0 Å². The predicted octanol–water partition coefficient (Wildman–Crippen LogP) is 6.28. The fourth-order valence-corrected chi connectivity index (χ4v) is 5.77. The Bertz CT molecular complexity index is 1730. The van der Waals surface area contributed by atoms with Gasteiger partial charge < -0.3 is 24.5 Å². The second-order valence-corrected chi connectivity index (χ2v) is 10.6. The first-order chi connectivity index (χ1) is 21.1. The van der Waals surface area contributed by atoms with Gasteiger partial charge in [-0.05, 0) is 34.7 Å². The lowest BCUT2D eigenvalue weighted by molar-refractivity contribution is -0.123. The number of carbonyl (C=O) groups is 1. The van der Waals surface area contributed by atoms with Crippen LogP contribution in [0.3, 0.4) is 0 Å². The Balaban J connectivity index is 1.26. The topological polar surface area (TPSA) is 84.6 Å². The number of aromatic nitrogens is 1. The highest BCUT2D eigenvalue weighted by molar-refractivity contribution is 5.88. The number of para-hydroxylation sites is 1. The molecule has 0 spiro atoms. The van der Waals surface area contributed by atoms with E-state index in [1.165, 1.54) is 0 Å². The van der Waals surface area contributed by atoms with Crippen LogP contribution in [-0.4, -0.2) is 38.3 Å². The number of H-pyrrole nitrogens is 1. The van der Waals surface area contributed by atoms with Crippen molar-refractivity contribution in [3.63, 3.8) is 0 Å². The van der Waals surface area contributed by atoms with E-state index < -0.39 is 6.04 Å². The van der Waals surface area contributed by atoms with E-state index in [0.29, 0.717) is 23.7 Å². The molecule has 1 amide bonds. The fourth-order valence-electron chi connectivity index (χ4n) is 5.77. The summed E-state index contributed by atoms with van der Waals surface area (Å²) < 4.78 is 16.5. The van der Waals surface area contributed by atoms with E-state index in [1.807, 2.05) is 30.3 Å². The van der Waals surface area contributed by atoms with E-state index in [2.05, 4.69) is 76.3 Å². The molecule has 0 unspecified atom stereocenters. The van der Waals surface area contributed by atoms with Crippen molar-refractivity contribution >= 4 is 29.0 Å². The lowest BCUT2D eigenvalue weighted by Crippen LogP contribution is -2.49. The van der Waals surface area contributed by atoms with Crippen molar-refractivity contribution in [3.8, 4) is 17.2 Å². The van der Waals surface area contributed by atoms with Gasteiger partial charge in [-0.1, -0.05) is 84.9 Å². The largest absolute Gasteiger partial charge is 0.496 e. The van der Waals surface area contributed by atoms with Gasteiger partial charge in [0.1, 0.15) is 17.2 Å². The summed E-state index contributed by atoms with van der Waals surface area (Å²) >= 11 is 0. The standard InChI is InChI=1S/C36H35N3O4/c1-41-26-19-32(42-2)29(33(20-26)43-3)22-37-36(40)31-21-28-27-11-7-8-12-30(27)38-35(28)34(39-31)25-17-15-24(16-18-25)14-13-23-9-5-4-6-10-23/h4-20,31,34,38-39H,21-22H2,1-3H3,(H,37,40)/t31-,34-/m1/s1. The van der Waals surface area contributed by atoms with Crippen molar-refractivity contribution in [1.29, 1.82) is 0 Å². The number of rotatable bonds is 9. The van der Waals surface area contributed by atoms with Crippen LogP contribution in [0.5, 0.6) is 17.2 Å². The molecule has 2 atom stereocenters. The van der Waals surface area contributed by atoms with Gasteiger partial charge in [-0.3, -0.25) is 10.1 Å². The molecule has 3 N–H and O–H groups in total. The Hall–Kier alpha value is -5.01. The Kier molecular flexibility index (Phi) is 8.16. The van der Waals surface area contributed by atoms with E-state index in [0.717, 1.165) is 44.4 Å². The van der Waals surface area contributed by atoms with Crippen LogP contribution in [0, 0.1) is 0 Å². The molecule has 5 aromatic rings. The summed E-state index contributed by atoms with van der Waals surface area (Å²) in [6, 6.07) is 30.0. The second-order valence-electron chi connectivity index (χ2n) is 10.6. The Morgan fingerprint density at radius 1 is 0.837 bits per heavy atom. The number of carbonyl (C=O) groups excluding carboxylic acids is 1. The van der Waals surface area contributed by atoms with Crippen LogP contribution in [0.2, 0.25) is 0 Å². The molecule has 7 heteroatoms. The van der Waals surface area contributed by atoms with Crippen molar-refractivity contribution in [2.75, 3.05) is 21.3 Å². The maximum Gasteiger partial charge on any atom is 0.237 e. The number of methoxy groups -OCH3 is 3. The Morgan fingerprint density at radius 3 is 2.16 bits per heavy atom. The van der Waals surface area contributed by atoms with Gasteiger partial charge in [-0.15, -0.1) is 0 Å². The molecule has 6 rings (SSSR count). The van der Waals surface area contributed by atoms with Crippen molar-refractivity contribution in [2.45, 2.75) is 25.0 Å². The van der Waals surface area contributed by atoms with E-state index >= 15 is 0 Å². The van der Waals surface area contributed by atoms with Crippen LogP contribution in [0.15, 0.2) is 91.0 Å². The van der Waals surface area contributed by atoms with Crippen LogP contribution < -0.4 is 24.8 Å². The number of amides is 1. The maximum atomic E-state index is 13.7. The van der Waals surface area contributed by atoms with E-state index in [4.69, 9.17) is 14.2 Å². The molecule has 0 aliphatic carbocycles. The fraction of sp³-hybridized carbons (Fsp3) is 0.194. The Morgan fingerprint density at radius 2 is 1.49 bits per heavy atom. The highest BCUT2D eigenvalue weighted by atomic mass is 16.5. The molecule has 0 bridgehead atoms. The third-order valence-corrected chi connectivity index (χ3v) is 8.02. The van der Waals surface area contributed by atoms with Crippen LogP contribution in [-0.2, 0) is 17.8 Å². The maximum absolute atomic E-state index is 13.7. The molecule has 0 saturated carbocycles. The molecule has 0 saturated heterocycles. The predicted molar refractivity (Wildman–Crippen MR) is 171 cm³/mol. The molecule has 218 valence electrons. The van der Waals surface area contributed by atoms with E-state index in [1.54, 1.807) is 33.5 Å². The van der Waals surface area contributed by atoms with Gasteiger partial charge in [0, 0.05) is 28.7 Å². The van der Waals surface area contributed by atoms with Crippen molar-refractivity contribution in [3.05, 3.63) is 125 Å². The monoisotopic (exact) mass is 573 g/mol. The van der Waals surface area contributed by atoms with Crippen molar-refractivity contribution < 1.29 is 19.0 Å². The van der Waals surface area contributed by atoms with Crippen LogP contribution in [0.4, 0.5) is 0 Å². The van der Waals surface area contributed by atoms with Gasteiger partial charge in [0.2, 0.25) is 5.91 Å². The first kappa shape index (κ1) is 28.1. The average molecular weight is 574 g/mol. The number of nitrogens with one attached hydrogen (secondary N) is 3. The van der Waals surface area contributed by atoms with Gasteiger partial charge in [0.15, 0.2) is 0 Å². The molecule has 2 heterocycles. The highest BCUT2D eigenvalue weighted by Gasteiger charge is 2.34. The van der Waals surface area contributed by atoms with Gasteiger partial charge in [-0.25, -0.2) is 0 Å². The van der Waals surface area contributed by atoms with Gasteiger partial charge in [-0.2, -0.15) is 0 Å². The smallest absolute Gasteiger partial charge is 0.237 e. The molecular formula is C36H35N3O4. The molecule has 7 nitrogen and oxygen atoms in total. The van der Waals surface area contributed by atoms with E-state index in [9.17, 15) is 4.79 Å². The lowest BCUT2D eigenvalue weighted by atomic mass is 9.89. The molecule has 1 aromatic heterocycles. The first-order valence-corrected chi connectivity index (χ1v) is 14.3. The molecule has 43 heavy (non-hydrogen) atoms. The summed E-state index contributed by atoms with van der Waals surface area (Å²) in [6.45, 7) is 0.251. The number of fused-ring (bicyclic) bond motifs is 3. The number of hydrogen-bond donors (Lipinski definition) is 3. The molecule has 1 aliphatic rings. The number of benzene rings is 4. The third kappa shape index (κ3) is 5.85. The molecule has 4 aromatic carbocycles. The average Bonchev–Trinajstić information content (AvgIpc) is 3.45. The normalized spacial score (nSPS) is 16.2. The summed E-state index contributed by atoms with van der Waals surface area (Å²) in [4.78, 5) is 17.3. The van der Waals surface area contributed by atoms with Gasteiger partial charge in [0.05, 0.1) is 45.5 Å². The summed E-state index contributed by atoms with van der Waals surface area (Å²) in [5.74, 6) is 1.70. The number of hydrogen-bond acceptors (Lipinski definition) is 5. The SMILES string of the molecule is COc1cc(OC)c(CNC(=O)[C@H]2Cc3c([nH]c4ccccc34)[C@@H](c3ccc(C=Cc4ccccc4)cc3)N2)c(OC)c1. The molecule has 0 radical (unpaired) electrons. The minimum absolute atomic E-state index is 0.0942. The zero-order valence-corrected chi connectivity index (χ0v) is 24.5. The molecule has 0 fully saturated rings. The van der Waals surface area contributed by atoms with Gasteiger partial charge in [0.25, 0.3) is 0 Å². The minimum atomic E-state index is -0.440. The number of aromatic amines is 1. The summed E-state index contributed by atoms with van der Waals surface area (Å²) in [6.07, 6.45) is 4.78. The van der Waals surface area contributed by atoms with Crippen LogP contribution in [0.25, 0.3) is 23.1 Å². The summed E-state index contributed by atoms with van der Waals surface area (Å²) in [5, 5.41) is 7.89. The van der Waals surface area contributed by atoms with Crippen molar-refractivity contribution in [2.24, 2.45) is 0 Å². The molecule has 1 aliphatic heterocycles. The third-order valence-electron chi connectivity index (χ3n) is 8.02. The highest BCUT2D eigenvalue weighted by Crippen LogP contribution is 2.36. The number of ether oxygens (including phenoxy) is 3. The first-order valence-electron chi connectivity index (χ1n) is 14.3. The summed E-state index contributed by atoms with van der Waals surface area (Å²) in [7, 11) is 4.77. The Labute approximate surface area is 251 Å². The zero-order valence-electron chi connectivity index (χ0n) is 24.5. The summed E-state index contributed by atoms with van der Waals surface area (Å²) in [5.41, 5.74) is 7.41. The zero-order chi connectivity index (χ0) is 29.8. The minimum Gasteiger partial charge on any atom is -0.496 e. The van der Waals surface area contributed by atoms with E-state index in [-0.39, 0.29) is 18.5 Å².